The second-order valence-electron chi connectivity index (χ2n) is 13.5. The lowest BCUT2D eigenvalue weighted by Gasteiger charge is -2.31. The molecule has 2 fully saturated rings. The van der Waals surface area contributed by atoms with E-state index in [0.717, 1.165) is 48.6 Å². The molecule has 2 aromatic heterocycles. The van der Waals surface area contributed by atoms with Crippen LogP contribution in [0.3, 0.4) is 0 Å². The number of nitrogens with zero attached hydrogens (tertiary/aromatic N) is 7. The van der Waals surface area contributed by atoms with Gasteiger partial charge in [0, 0.05) is 63.0 Å². The SMILES string of the molecule is CCc1c(C(=O)N(C)C)nn2c1CN(c1nc(OC)nc3c1COC(c1cc(N)cc(Cl)c1C(F)(F)F)C3)CCC2.F/C=C1/CC2CCCN2C1. The molecule has 51 heavy (non-hydrogen) atoms. The molecule has 7 rings (SSSR count). The second kappa shape index (κ2) is 15.0. The van der Waals surface area contributed by atoms with Crippen LogP contribution in [0.25, 0.3) is 0 Å². The summed E-state index contributed by atoms with van der Waals surface area (Å²) in [6.45, 7) is 5.71. The highest BCUT2D eigenvalue weighted by molar-refractivity contribution is 6.31. The Hall–Kier alpha value is -3.95. The van der Waals surface area contributed by atoms with Gasteiger partial charge in [-0.2, -0.15) is 28.2 Å². The van der Waals surface area contributed by atoms with Crippen molar-refractivity contribution in [2.75, 3.05) is 51.5 Å². The molecule has 0 radical (unpaired) electrons. The van der Waals surface area contributed by atoms with Gasteiger partial charge < -0.3 is 25.0 Å². The van der Waals surface area contributed by atoms with Gasteiger partial charge in [-0.3, -0.25) is 14.4 Å². The molecule has 3 aromatic rings. The van der Waals surface area contributed by atoms with Gasteiger partial charge in [0.05, 0.1) is 54.7 Å². The minimum Gasteiger partial charge on any atom is -0.467 e. The first kappa shape index (κ1) is 36.8. The monoisotopic (exact) mass is 734 g/mol. The third kappa shape index (κ3) is 7.51. The van der Waals surface area contributed by atoms with E-state index < -0.39 is 22.9 Å². The van der Waals surface area contributed by atoms with Crippen molar-refractivity contribution in [3.8, 4) is 6.01 Å². The van der Waals surface area contributed by atoms with Crippen LogP contribution in [0.2, 0.25) is 5.02 Å². The molecule has 1 amide bonds. The van der Waals surface area contributed by atoms with Crippen LogP contribution in [0.15, 0.2) is 24.0 Å². The Labute approximate surface area is 299 Å². The molecule has 2 unspecified atom stereocenters. The molecular formula is C35H43ClF4N8O3. The number of aryl methyl sites for hydroxylation is 1. The van der Waals surface area contributed by atoms with Crippen LogP contribution in [0.5, 0.6) is 6.01 Å². The van der Waals surface area contributed by atoms with E-state index in [9.17, 15) is 22.4 Å². The van der Waals surface area contributed by atoms with E-state index in [2.05, 4.69) is 24.9 Å². The molecule has 2 atom stereocenters. The first-order valence-electron chi connectivity index (χ1n) is 17.1. The summed E-state index contributed by atoms with van der Waals surface area (Å²) in [6.07, 6.45) is 0.0717. The third-order valence-corrected chi connectivity index (χ3v) is 10.2. The average Bonchev–Trinajstić information content (AvgIpc) is 3.75. The number of nitrogens with two attached hydrogens (primary N) is 1. The minimum atomic E-state index is -4.70. The number of carbonyl (C=O) groups excluding carboxylic acids is 1. The number of rotatable bonds is 5. The summed E-state index contributed by atoms with van der Waals surface area (Å²) < 4.78 is 67.2. The van der Waals surface area contributed by atoms with Crippen LogP contribution < -0.4 is 15.4 Å². The fraction of sp³-hybridized carbons (Fsp3) is 0.543. The number of halogens is 5. The highest BCUT2D eigenvalue weighted by Gasteiger charge is 2.40. The summed E-state index contributed by atoms with van der Waals surface area (Å²) in [5.74, 6) is 0.415. The first-order chi connectivity index (χ1) is 24.3. The Bertz CT molecular complexity index is 1800. The molecule has 0 aliphatic carbocycles. The number of aromatic nitrogens is 4. The molecule has 276 valence electrons. The van der Waals surface area contributed by atoms with Gasteiger partial charge in [0.15, 0.2) is 5.69 Å². The predicted octanol–water partition coefficient (Wildman–Crippen LogP) is 6.13. The summed E-state index contributed by atoms with van der Waals surface area (Å²) in [5.41, 5.74) is 9.26. The van der Waals surface area contributed by atoms with Gasteiger partial charge in [0.1, 0.15) is 5.82 Å². The van der Waals surface area contributed by atoms with Gasteiger partial charge in [-0.1, -0.05) is 18.5 Å². The summed E-state index contributed by atoms with van der Waals surface area (Å²) >= 11 is 5.99. The largest absolute Gasteiger partial charge is 0.467 e. The Morgan fingerprint density at radius 1 is 1.16 bits per heavy atom. The Morgan fingerprint density at radius 2 is 1.94 bits per heavy atom. The number of ether oxygens (including phenoxy) is 2. The minimum absolute atomic E-state index is 0.0240. The van der Waals surface area contributed by atoms with Crippen molar-refractivity contribution < 1.29 is 31.8 Å². The molecule has 0 bridgehead atoms. The van der Waals surface area contributed by atoms with Gasteiger partial charge in [-0.15, -0.1) is 0 Å². The fourth-order valence-corrected chi connectivity index (χ4v) is 7.87. The van der Waals surface area contributed by atoms with Crippen LogP contribution in [0.1, 0.15) is 82.8 Å². The lowest BCUT2D eigenvalue weighted by molar-refractivity contribution is -0.139. The normalized spacial score (nSPS) is 21.0. The Balaban J connectivity index is 0.000000381. The number of fused-ring (bicyclic) bond motifs is 3. The lowest BCUT2D eigenvalue weighted by atomic mass is 9.94. The number of alkyl halides is 3. The van der Waals surface area contributed by atoms with Crippen molar-refractivity contribution in [1.29, 1.82) is 0 Å². The topological polar surface area (TPSA) is 115 Å². The number of amides is 1. The van der Waals surface area contributed by atoms with E-state index in [1.54, 1.807) is 14.1 Å². The maximum absolute atomic E-state index is 14.0. The van der Waals surface area contributed by atoms with E-state index in [4.69, 9.17) is 26.8 Å². The standard InChI is InChI=1S/C27H31ClF3N7O3.C8H12FN/c1-5-15-20-12-37(7-6-8-38(20)35-23(15)25(39)36(2)3)24-17-13-41-21(11-19(17)33-26(34-24)40-4)16-9-14(32)10-18(28)22(16)27(29,30)31;9-5-7-4-8-2-1-3-10(8)6-7/h9-10,21H,5-8,11-13,32H2,1-4H3;5,8H,1-4,6H2/b;7-5-. The van der Waals surface area contributed by atoms with Crippen molar-refractivity contribution >= 4 is 29.0 Å². The molecule has 6 heterocycles. The van der Waals surface area contributed by atoms with Crippen molar-refractivity contribution in [3.63, 3.8) is 0 Å². The number of hydrogen-bond acceptors (Lipinski definition) is 9. The van der Waals surface area contributed by atoms with Crippen LogP contribution in [-0.2, 0) is 43.5 Å². The van der Waals surface area contributed by atoms with E-state index in [1.165, 1.54) is 37.5 Å². The second-order valence-corrected chi connectivity index (χ2v) is 13.9. The molecule has 2 N–H and O–H groups in total. The van der Waals surface area contributed by atoms with Gasteiger partial charge in [0.2, 0.25) is 0 Å². The molecular weight excluding hydrogens is 692 g/mol. The van der Waals surface area contributed by atoms with E-state index in [-0.39, 0.29) is 36.2 Å². The summed E-state index contributed by atoms with van der Waals surface area (Å²) in [7, 11) is 4.83. The third-order valence-electron chi connectivity index (χ3n) is 9.94. The van der Waals surface area contributed by atoms with Crippen LogP contribution in [0.4, 0.5) is 29.1 Å². The quantitative estimate of drug-likeness (QED) is 0.244. The predicted molar refractivity (Wildman–Crippen MR) is 184 cm³/mol. The Morgan fingerprint density at radius 3 is 2.61 bits per heavy atom. The molecule has 1 aromatic carbocycles. The van der Waals surface area contributed by atoms with Gasteiger partial charge in [-0.05, 0) is 61.9 Å². The zero-order chi connectivity index (χ0) is 36.6. The van der Waals surface area contributed by atoms with Crippen LogP contribution >= 0.6 is 11.6 Å². The molecule has 11 nitrogen and oxygen atoms in total. The highest BCUT2D eigenvalue weighted by Crippen LogP contribution is 2.44. The molecule has 0 saturated carbocycles. The number of carbonyl (C=O) groups is 1. The number of methoxy groups -OCH3 is 1. The Kier molecular flexibility index (Phi) is 10.8. The maximum Gasteiger partial charge on any atom is 0.418 e. The fourth-order valence-electron chi connectivity index (χ4n) is 7.53. The van der Waals surface area contributed by atoms with E-state index in [1.807, 2.05) is 11.6 Å². The van der Waals surface area contributed by atoms with Gasteiger partial charge >= 0.3 is 12.2 Å². The molecule has 2 saturated heterocycles. The first-order valence-corrected chi connectivity index (χ1v) is 17.5. The molecule has 4 aliphatic heterocycles. The number of benzene rings is 1. The summed E-state index contributed by atoms with van der Waals surface area (Å²) in [6, 6.07) is 3.11. The summed E-state index contributed by atoms with van der Waals surface area (Å²) in [5, 5.41) is 4.16. The highest BCUT2D eigenvalue weighted by atomic mass is 35.5. The van der Waals surface area contributed by atoms with Crippen molar-refractivity contribution in [1.82, 2.24) is 29.5 Å². The van der Waals surface area contributed by atoms with Crippen molar-refractivity contribution in [2.45, 2.75) is 83.5 Å². The molecule has 4 aliphatic rings. The smallest absolute Gasteiger partial charge is 0.418 e. The van der Waals surface area contributed by atoms with E-state index in [0.29, 0.717) is 54.9 Å². The molecule has 16 heteroatoms. The number of anilines is 2. The van der Waals surface area contributed by atoms with Crippen LogP contribution in [-0.4, -0.2) is 82.3 Å². The zero-order valence-electron chi connectivity index (χ0n) is 29.2. The zero-order valence-corrected chi connectivity index (χ0v) is 30.0. The summed E-state index contributed by atoms with van der Waals surface area (Å²) in [4.78, 5) is 27.9. The van der Waals surface area contributed by atoms with Gasteiger partial charge in [-0.25, -0.2) is 4.39 Å². The van der Waals surface area contributed by atoms with Crippen molar-refractivity contribution in [3.05, 3.63) is 68.4 Å². The number of hydrogen-bond donors (Lipinski definition) is 1. The molecule has 0 spiro atoms. The van der Waals surface area contributed by atoms with Gasteiger partial charge in [0.25, 0.3) is 5.91 Å². The van der Waals surface area contributed by atoms with Crippen molar-refractivity contribution in [2.24, 2.45) is 0 Å². The van der Waals surface area contributed by atoms with Crippen LogP contribution in [0, 0.1) is 0 Å². The average molecular weight is 735 g/mol. The lowest BCUT2D eigenvalue weighted by Crippen LogP contribution is -2.29. The number of nitrogen functional groups attached to an aromatic ring is 1. The maximum atomic E-state index is 14.0. The van der Waals surface area contributed by atoms with E-state index >= 15 is 0 Å².